The van der Waals surface area contributed by atoms with Crippen LogP contribution in [0.2, 0.25) is 0 Å². The van der Waals surface area contributed by atoms with Gasteiger partial charge in [0.1, 0.15) is 11.6 Å². The lowest BCUT2D eigenvalue weighted by Gasteiger charge is -2.00. The molecule has 5 heteroatoms. The maximum atomic E-state index is 13.7. The van der Waals surface area contributed by atoms with Gasteiger partial charge < -0.3 is 5.32 Å². The number of hydrogen-bond acceptors (Lipinski definition) is 3. The first-order chi connectivity index (χ1) is 9.28. The van der Waals surface area contributed by atoms with E-state index in [9.17, 15) is 4.39 Å². The van der Waals surface area contributed by atoms with Crippen molar-refractivity contribution in [3.63, 3.8) is 0 Å². The third-order valence-corrected chi connectivity index (χ3v) is 2.83. The molecule has 0 spiro atoms. The molecule has 0 amide bonds. The summed E-state index contributed by atoms with van der Waals surface area (Å²) >= 11 is 0. The van der Waals surface area contributed by atoms with Gasteiger partial charge in [-0.25, -0.2) is 13.9 Å². The van der Waals surface area contributed by atoms with Crippen LogP contribution >= 0.6 is 0 Å². The highest BCUT2D eigenvalue weighted by molar-refractivity contribution is 5.63. The van der Waals surface area contributed by atoms with Crippen molar-refractivity contribution in [3.05, 3.63) is 48.4 Å². The average molecular weight is 256 g/mol. The molecule has 3 aromatic rings. The lowest BCUT2D eigenvalue weighted by atomic mass is 10.1. The summed E-state index contributed by atoms with van der Waals surface area (Å²) in [7, 11) is 0. The number of benzene rings is 1. The van der Waals surface area contributed by atoms with Crippen LogP contribution in [-0.4, -0.2) is 21.1 Å². The molecule has 2 aromatic heterocycles. The second-order valence-electron chi connectivity index (χ2n) is 4.16. The molecule has 96 valence electrons. The normalized spacial score (nSPS) is 10.8. The van der Waals surface area contributed by atoms with E-state index in [0.717, 1.165) is 12.4 Å². The number of anilines is 1. The highest BCUT2D eigenvalue weighted by Crippen LogP contribution is 2.22. The molecule has 3 rings (SSSR count). The van der Waals surface area contributed by atoms with Crippen LogP contribution in [0.25, 0.3) is 16.9 Å². The van der Waals surface area contributed by atoms with Crippen LogP contribution in [0.5, 0.6) is 0 Å². The Kier molecular flexibility index (Phi) is 2.87. The largest absolute Gasteiger partial charge is 0.369 e. The summed E-state index contributed by atoms with van der Waals surface area (Å²) in [6.45, 7) is 2.80. The molecule has 1 N–H and O–H groups in total. The summed E-state index contributed by atoms with van der Waals surface area (Å²) in [5.74, 6) is 0.491. The van der Waals surface area contributed by atoms with E-state index in [4.69, 9.17) is 0 Å². The Bertz CT molecular complexity index is 720. The number of halogens is 1. The number of hydrogen-bond donors (Lipinski definition) is 1. The minimum atomic E-state index is -0.280. The molecule has 0 aliphatic rings. The first-order valence-electron chi connectivity index (χ1n) is 6.13. The first kappa shape index (κ1) is 11.6. The molecule has 1 aromatic carbocycles. The molecular formula is C14H13FN4. The SMILES string of the molecule is CCNc1ccc2nc(-c3ccccc3F)cn2n1. The molecule has 0 unspecified atom stereocenters. The number of nitrogens with zero attached hydrogens (tertiary/aromatic N) is 3. The Morgan fingerprint density at radius 1 is 1.21 bits per heavy atom. The summed E-state index contributed by atoms with van der Waals surface area (Å²) in [5.41, 5.74) is 1.76. The van der Waals surface area contributed by atoms with Crippen LogP contribution in [0.15, 0.2) is 42.6 Å². The lowest BCUT2D eigenvalue weighted by Crippen LogP contribution is -2.01. The highest BCUT2D eigenvalue weighted by Gasteiger charge is 2.09. The Morgan fingerprint density at radius 3 is 2.84 bits per heavy atom. The van der Waals surface area contributed by atoms with Gasteiger partial charge in [-0.05, 0) is 31.2 Å². The molecule has 0 fully saturated rings. The third kappa shape index (κ3) is 2.14. The van der Waals surface area contributed by atoms with E-state index in [-0.39, 0.29) is 5.82 Å². The quantitative estimate of drug-likeness (QED) is 0.783. The molecule has 2 heterocycles. The Morgan fingerprint density at radius 2 is 2.05 bits per heavy atom. The Hall–Kier alpha value is -2.43. The van der Waals surface area contributed by atoms with Crippen molar-refractivity contribution in [2.24, 2.45) is 0 Å². The molecular weight excluding hydrogens is 243 g/mol. The van der Waals surface area contributed by atoms with Crippen LogP contribution in [0.4, 0.5) is 10.2 Å². The zero-order chi connectivity index (χ0) is 13.2. The monoisotopic (exact) mass is 256 g/mol. The van der Waals surface area contributed by atoms with Crippen molar-refractivity contribution in [3.8, 4) is 11.3 Å². The van der Waals surface area contributed by atoms with Gasteiger partial charge in [0.25, 0.3) is 0 Å². The molecule has 0 aliphatic carbocycles. The van der Waals surface area contributed by atoms with E-state index in [2.05, 4.69) is 15.4 Å². The molecule has 0 aliphatic heterocycles. The maximum absolute atomic E-state index is 13.7. The zero-order valence-corrected chi connectivity index (χ0v) is 10.5. The zero-order valence-electron chi connectivity index (χ0n) is 10.5. The lowest BCUT2D eigenvalue weighted by molar-refractivity contribution is 0.631. The number of imidazole rings is 1. The highest BCUT2D eigenvalue weighted by atomic mass is 19.1. The van der Waals surface area contributed by atoms with Crippen molar-refractivity contribution in [2.75, 3.05) is 11.9 Å². The van der Waals surface area contributed by atoms with Crippen molar-refractivity contribution in [1.29, 1.82) is 0 Å². The summed E-state index contributed by atoms with van der Waals surface area (Å²) in [6.07, 6.45) is 1.73. The van der Waals surface area contributed by atoms with Gasteiger partial charge >= 0.3 is 0 Å². The summed E-state index contributed by atoms with van der Waals surface area (Å²) in [5, 5.41) is 7.49. The third-order valence-electron chi connectivity index (χ3n) is 2.83. The molecule has 0 saturated carbocycles. The minimum Gasteiger partial charge on any atom is -0.369 e. The van der Waals surface area contributed by atoms with Gasteiger partial charge in [0, 0.05) is 12.1 Å². The van der Waals surface area contributed by atoms with Crippen LogP contribution in [0.1, 0.15) is 6.92 Å². The van der Waals surface area contributed by atoms with Crippen molar-refractivity contribution in [1.82, 2.24) is 14.6 Å². The second kappa shape index (κ2) is 4.68. The smallest absolute Gasteiger partial charge is 0.154 e. The molecule has 0 radical (unpaired) electrons. The van der Waals surface area contributed by atoms with E-state index in [0.29, 0.717) is 16.9 Å². The van der Waals surface area contributed by atoms with E-state index in [1.54, 1.807) is 28.9 Å². The number of nitrogens with one attached hydrogen (secondary N) is 1. The van der Waals surface area contributed by atoms with Crippen molar-refractivity contribution >= 4 is 11.5 Å². The Balaban J connectivity index is 2.09. The fourth-order valence-electron chi connectivity index (χ4n) is 1.96. The number of aromatic nitrogens is 3. The maximum Gasteiger partial charge on any atom is 0.154 e. The standard InChI is InChI=1S/C14H13FN4/c1-2-16-13-7-8-14-17-12(9-19(14)18-13)10-5-3-4-6-11(10)15/h3-9H,2H2,1H3,(H,16,18). The van der Waals surface area contributed by atoms with Crippen molar-refractivity contribution in [2.45, 2.75) is 6.92 Å². The van der Waals surface area contributed by atoms with Gasteiger partial charge in [-0.15, -0.1) is 5.10 Å². The van der Waals surface area contributed by atoms with Crippen LogP contribution in [0, 0.1) is 5.82 Å². The Labute approximate surface area is 109 Å². The van der Waals surface area contributed by atoms with Gasteiger partial charge in [-0.2, -0.15) is 0 Å². The van der Waals surface area contributed by atoms with Crippen molar-refractivity contribution < 1.29 is 4.39 Å². The summed E-state index contributed by atoms with van der Waals surface area (Å²) in [6, 6.07) is 10.3. The first-order valence-corrected chi connectivity index (χ1v) is 6.13. The van der Waals surface area contributed by atoms with E-state index < -0.39 is 0 Å². The van der Waals surface area contributed by atoms with Crippen LogP contribution < -0.4 is 5.32 Å². The second-order valence-corrected chi connectivity index (χ2v) is 4.16. The topological polar surface area (TPSA) is 42.2 Å². The molecule has 0 saturated heterocycles. The van der Waals surface area contributed by atoms with Crippen LogP contribution in [0.3, 0.4) is 0 Å². The van der Waals surface area contributed by atoms with Gasteiger partial charge in [-0.3, -0.25) is 0 Å². The van der Waals surface area contributed by atoms with Gasteiger partial charge in [0.05, 0.1) is 11.9 Å². The average Bonchev–Trinajstić information content (AvgIpc) is 2.82. The van der Waals surface area contributed by atoms with Gasteiger partial charge in [0.2, 0.25) is 0 Å². The summed E-state index contributed by atoms with van der Waals surface area (Å²) in [4.78, 5) is 4.38. The van der Waals surface area contributed by atoms with E-state index in [1.807, 2.05) is 19.1 Å². The number of rotatable bonds is 3. The number of fused-ring (bicyclic) bond motifs is 1. The van der Waals surface area contributed by atoms with Gasteiger partial charge in [-0.1, -0.05) is 12.1 Å². The predicted octanol–water partition coefficient (Wildman–Crippen LogP) is 2.97. The van der Waals surface area contributed by atoms with E-state index >= 15 is 0 Å². The minimum absolute atomic E-state index is 0.280. The molecule has 19 heavy (non-hydrogen) atoms. The predicted molar refractivity (Wildman–Crippen MR) is 72.5 cm³/mol. The fourth-order valence-corrected chi connectivity index (χ4v) is 1.96. The van der Waals surface area contributed by atoms with Gasteiger partial charge in [0.15, 0.2) is 5.65 Å². The molecule has 0 atom stereocenters. The fraction of sp³-hybridized carbons (Fsp3) is 0.143. The summed E-state index contributed by atoms with van der Waals surface area (Å²) < 4.78 is 15.4. The van der Waals surface area contributed by atoms with Crippen LogP contribution in [-0.2, 0) is 0 Å². The molecule has 4 nitrogen and oxygen atoms in total. The van der Waals surface area contributed by atoms with E-state index in [1.165, 1.54) is 6.07 Å². The molecule has 0 bridgehead atoms.